The van der Waals surface area contributed by atoms with Crippen LogP contribution in [0.15, 0.2) is 0 Å². The number of hydrogen-bond acceptors (Lipinski definition) is 5. The SMILES string of the molecule is CCCCCCCCCCCCCCOC(=O)[C@@H]1C[C@@H](NC(=O)CCN(C)C)CN1C(=O)CCCCCCCCCCCCC. The normalized spacial score (nSPS) is 16.4. The number of carbonyl (C=O) groups is 3. The highest BCUT2D eigenvalue weighted by molar-refractivity contribution is 5.86. The Hall–Kier alpha value is -1.63. The minimum Gasteiger partial charge on any atom is -0.464 e. The Labute approximate surface area is 278 Å². The summed E-state index contributed by atoms with van der Waals surface area (Å²) in [6.07, 6.45) is 30.1. The van der Waals surface area contributed by atoms with Crippen molar-refractivity contribution in [2.75, 3.05) is 33.8 Å². The van der Waals surface area contributed by atoms with Gasteiger partial charge in [-0.05, 0) is 26.9 Å². The van der Waals surface area contributed by atoms with E-state index in [0.29, 0.717) is 39.0 Å². The van der Waals surface area contributed by atoms with Crippen molar-refractivity contribution in [3.8, 4) is 0 Å². The summed E-state index contributed by atoms with van der Waals surface area (Å²) in [6.45, 7) is 5.99. The van der Waals surface area contributed by atoms with Crippen molar-refractivity contribution in [3.63, 3.8) is 0 Å². The predicted octanol–water partition coefficient (Wildman–Crippen LogP) is 8.97. The summed E-state index contributed by atoms with van der Waals surface area (Å²) in [5.74, 6) is -0.323. The lowest BCUT2D eigenvalue weighted by Crippen LogP contribution is -2.42. The van der Waals surface area contributed by atoms with Crippen molar-refractivity contribution < 1.29 is 19.1 Å². The molecule has 0 radical (unpaired) electrons. The second-order valence-electron chi connectivity index (χ2n) is 14.0. The van der Waals surface area contributed by atoms with E-state index in [1.54, 1.807) is 4.90 Å². The van der Waals surface area contributed by atoms with Crippen molar-refractivity contribution in [1.82, 2.24) is 15.1 Å². The number of nitrogens with one attached hydrogen (secondary N) is 1. The number of esters is 1. The number of amides is 2. The van der Waals surface area contributed by atoms with Crippen LogP contribution in [-0.2, 0) is 19.1 Å². The average molecular weight is 636 g/mol. The first kappa shape index (κ1) is 41.4. The molecule has 0 spiro atoms. The van der Waals surface area contributed by atoms with Crippen LogP contribution >= 0.6 is 0 Å². The van der Waals surface area contributed by atoms with E-state index in [4.69, 9.17) is 4.74 Å². The van der Waals surface area contributed by atoms with Gasteiger partial charge in [0.15, 0.2) is 0 Å². The summed E-state index contributed by atoms with van der Waals surface area (Å²) in [4.78, 5) is 42.6. The zero-order valence-corrected chi connectivity index (χ0v) is 30.2. The molecule has 0 saturated carbocycles. The lowest BCUT2D eigenvalue weighted by Gasteiger charge is -2.23. The van der Waals surface area contributed by atoms with Gasteiger partial charge in [-0.25, -0.2) is 4.79 Å². The van der Waals surface area contributed by atoms with Gasteiger partial charge in [0, 0.05) is 38.4 Å². The smallest absolute Gasteiger partial charge is 0.328 e. The maximum absolute atomic E-state index is 13.3. The van der Waals surface area contributed by atoms with Crippen LogP contribution in [0.3, 0.4) is 0 Å². The molecule has 2 amide bonds. The van der Waals surface area contributed by atoms with Crippen LogP contribution in [0.5, 0.6) is 0 Å². The number of unbranched alkanes of at least 4 members (excludes halogenated alkanes) is 21. The van der Waals surface area contributed by atoms with E-state index in [1.807, 2.05) is 19.0 Å². The highest BCUT2D eigenvalue weighted by atomic mass is 16.5. The Kier molecular flexibility index (Phi) is 26.3. The van der Waals surface area contributed by atoms with Crippen LogP contribution in [0.1, 0.15) is 181 Å². The third-order valence-electron chi connectivity index (χ3n) is 9.28. The molecule has 1 N–H and O–H groups in total. The molecule has 0 unspecified atom stereocenters. The largest absolute Gasteiger partial charge is 0.464 e. The fourth-order valence-corrected chi connectivity index (χ4v) is 6.36. The topological polar surface area (TPSA) is 79.0 Å². The molecule has 7 nitrogen and oxygen atoms in total. The van der Waals surface area contributed by atoms with Gasteiger partial charge in [0.25, 0.3) is 0 Å². The van der Waals surface area contributed by atoms with E-state index in [0.717, 1.165) is 32.1 Å². The molecule has 1 heterocycles. The van der Waals surface area contributed by atoms with Crippen molar-refractivity contribution >= 4 is 17.8 Å². The van der Waals surface area contributed by atoms with Crippen LogP contribution < -0.4 is 5.32 Å². The lowest BCUT2D eigenvalue weighted by atomic mass is 10.0. The number of carbonyl (C=O) groups excluding carboxylic acids is 3. The molecule has 7 heteroatoms. The Bertz CT molecular complexity index is 745. The van der Waals surface area contributed by atoms with E-state index in [9.17, 15) is 14.4 Å². The third kappa shape index (κ3) is 22.5. The number of nitrogens with zero attached hydrogens (tertiary/aromatic N) is 2. The van der Waals surface area contributed by atoms with E-state index in [2.05, 4.69) is 19.2 Å². The molecule has 45 heavy (non-hydrogen) atoms. The fraction of sp³-hybridized carbons (Fsp3) is 0.921. The zero-order chi connectivity index (χ0) is 33.0. The molecular formula is C38H73N3O4. The van der Waals surface area contributed by atoms with Gasteiger partial charge in [0.05, 0.1) is 6.61 Å². The molecule has 1 aliphatic rings. The molecule has 0 aromatic heterocycles. The van der Waals surface area contributed by atoms with Gasteiger partial charge in [0.1, 0.15) is 6.04 Å². The zero-order valence-electron chi connectivity index (χ0n) is 30.2. The number of rotatable bonds is 30. The van der Waals surface area contributed by atoms with Gasteiger partial charge < -0.3 is 19.9 Å². The number of hydrogen-bond donors (Lipinski definition) is 1. The standard InChI is InChI=1S/C38H73N3O4/c1-5-7-9-11-13-15-17-19-21-23-25-27-31-45-38(44)35-32-34(39-36(42)29-30-40(3)4)33-41(35)37(43)28-26-24-22-20-18-16-14-12-10-8-6-2/h34-35H,5-33H2,1-4H3,(H,39,42)/t34-,35+/m1/s1. The van der Waals surface area contributed by atoms with Crippen LogP contribution in [-0.4, -0.2) is 73.5 Å². The highest BCUT2D eigenvalue weighted by Crippen LogP contribution is 2.22. The fourth-order valence-electron chi connectivity index (χ4n) is 6.36. The third-order valence-corrected chi connectivity index (χ3v) is 9.28. The highest BCUT2D eigenvalue weighted by Gasteiger charge is 2.40. The van der Waals surface area contributed by atoms with Crippen LogP contribution in [0.25, 0.3) is 0 Å². The maximum atomic E-state index is 13.3. The summed E-state index contributed by atoms with van der Waals surface area (Å²) in [5, 5.41) is 3.07. The Morgan fingerprint density at radius 3 is 1.56 bits per heavy atom. The molecule has 264 valence electrons. The Balaban J connectivity index is 2.36. The first-order valence-corrected chi connectivity index (χ1v) is 19.3. The molecule has 2 atom stereocenters. The van der Waals surface area contributed by atoms with E-state index < -0.39 is 6.04 Å². The molecule has 1 saturated heterocycles. The quantitative estimate of drug-likeness (QED) is 0.0630. The summed E-state index contributed by atoms with van der Waals surface area (Å²) < 4.78 is 5.69. The molecular weight excluding hydrogens is 562 g/mol. The van der Waals surface area contributed by atoms with Crippen LogP contribution in [0.4, 0.5) is 0 Å². The second-order valence-corrected chi connectivity index (χ2v) is 14.0. The van der Waals surface area contributed by atoms with E-state index in [-0.39, 0.29) is 23.8 Å². The van der Waals surface area contributed by atoms with Gasteiger partial charge >= 0.3 is 5.97 Å². The average Bonchev–Trinajstić information content (AvgIpc) is 3.44. The molecule has 0 aromatic carbocycles. The Morgan fingerprint density at radius 1 is 0.644 bits per heavy atom. The Morgan fingerprint density at radius 2 is 1.09 bits per heavy atom. The van der Waals surface area contributed by atoms with Crippen molar-refractivity contribution in [2.45, 2.75) is 193 Å². The molecule has 1 fully saturated rings. The van der Waals surface area contributed by atoms with Crippen LogP contribution in [0.2, 0.25) is 0 Å². The monoisotopic (exact) mass is 636 g/mol. The molecule has 0 aromatic rings. The van der Waals surface area contributed by atoms with Crippen molar-refractivity contribution in [3.05, 3.63) is 0 Å². The molecule has 1 rings (SSSR count). The first-order chi connectivity index (χ1) is 21.9. The van der Waals surface area contributed by atoms with Crippen molar-refractivity contribution in [2.24, 2.45) is 0 Å². The van der Waals surface area contributed by atoms with Gasteiger partial charge in [-0.2, -0.15) is 0 Å². The number of ether oxygens (including phenoxy) is 1. The summed E-state index contributed by atoms with van der Waals surface area (Å²) >= 11 is 0. The van der Waals surface area contributed by atoms with Gasteiger partial charge in [-0.15, -0.1) is 0 Å². The second kappa shape index (κ2) is 28.6. The lowest BCUT2D eigenvalue weighted by molar-refractivity contribution is -0.153. The summed E-state index contributed by atoms with van der Waals surface area (Å²) in [5.41, 5.74) is 0. The van der Waals surface area contributed by atoms with E-state index >= 15 is 0 Å². The van der Waals surface area contributed by atoms with Gasteiger partial charge in [-0.3, -0.25) is 9.59 Å². The maximum Gasteiger partial charge on any atom is 0.328 e. The van der Waals surface area contributed by atoms with Crippen LogP contribution in [0, 0.1) is 0 Å². The van der Waals surface area contributed by atoms with Gasteiger partial charge in [0.2, 0.25) is 11.8 Å². The van der Waals surface area contributed by atoms with Gasteiger partial charge in [-0.1, -0.05) is 149 Å². The minimum absolute atomic E-state index is 0.0169. The number of likely N-dealkylation sites (tertiary alicyclic amines) is 1. The molecule has 0 aliphatic carbocycles. The minimum atomic E-state index is -0.596. The molecule has 1 aliphatic heterocycles. The van der Waals surface area contributed by atoms with E-state index in [1.165, 1.54) is 116 Å². The molecule has 0 bridgehead atoms. The van der Waals surface area contributed by atoms with Crippen molar-refractivity contribution in [1.29, 1.82) is 0 Å². The summed E-state index contributed by atoms with van der Waals surface area (Å²) in [7, 11) is 3.89. The summed E-state index contributed by atoms with van der Waals surface area (Å²) in [6, 6.07) is -0.799. The predicted molar refractivity (Wildman–Crippen MR) is 188 cm³/mol. The first-order valence-electron chi connectivity index (χ1n) is 19.3.